The maximum absolute atomic E-state index is 12.7. The Morgan fingerprint density at radius 1 is 0.947 bits per heavy atom. The van der Waals surface area contributed by atoms with E-state index in [0.717, 1.165) is 32.0 Å². The van der Waals surface area contributed by atoms with Crippen LogP contribution in [-0.2, 0) is 4.79 Å². The van der Waals surface area contributed by atoms with Gasteiger partial charge in [0.15, 0.2) is 0 Å². The summed E-state index contributed by atoms with van der Waals surface area (Å²) in [7, 11) is 0. The normalized spacial score (nSPS) is 33.6. The largest absolute Gasteiger partial charge is 0.339 e. The number of likely N-dealkylation sites (tertiary alicyclic amines) is 1. The number of carbonyl (C=O) groups excluding carboxylic acids is 1. The van der Waals surface area contributed by atoms with Crippen molar-refractivity contribution >= 4 is 5.91 Å². The first-order chi connectivity index (χ1) is 9.36. The summed E-state index contributed by atoms with van der Waals surface area (Å²) >= 11 is 0. The number of piperidine rings is 1. The van der Waals surface area contributed by atoms with Crippen molar-refractivity contribution in [1.29, 1.82) is 0 Å². The van der Waals surface area contributed by atoms with Gasteiger partial charge in [-0.3, -0.25) is 4.79 Å². The molecule has 3 rings (SSSR count). The van der Waals surface area contributed by atoms with Crippen LogP contribution >= 0.6 is 0 Å². The molecule has 0 bridgehead atoms. The molecule has 2 saturated heterocycles. The van der Waals surface area contributed by atoms with E-state index in [1.165, 1.54) is 51.4 Å². The standard InChI is InChI=1S/C16H28N2O/c19-16(14-8-4-10-17-12-14)18-11-5-9-15(18)13-6-2-1-3-7-13/h13-15,17H,1-12H2/t14-,15?/m0/s1. The average molecular weight is 264 g/mol. The zero-order valence-corrected chi connectivity index (χ0v) is 12.1. The Labute approximate surface area is 117 Å². The number of carbonyl (C=O) groups is 1. The summed E-state index contributed by atoms with van der Waals surface area (Å²) in [6.07, 6.45) is 11.6. The van der Waals surface area contributed by atoms with Gasteiger partial charge in [-0.2, -0.15) is 0 Å². The van der Waals surface area contributed by atoms with Crippen molar-refractivity contribution in [1.82, 2.24) is 10.2 Å². The fourth-order valence-electron chi connectivity index (χ4n) is 4.37. The van der Waals surface area contributed by atoms with Crippen molar-refractivity contribution in [2.75, 3.05) is 19.6 Å². The van der Waals surface area contributed by atoms with Crippen LogP contribution in [0.4, 0.5) is 0 Å². The molecule has 3 heteroatoms. The van der Waals surface area contributed by atoms with Gasteiger partial charge in [-0.05, 0) is 51.0 Å². The van der Waals surface area contributed by atoms with Crippen LogP contribution in [0.15, 0.2) is 0 Å². The molecular formula is C16H28N2O. The lowest BCUT2D eigenvalue weighted by Gasteiger charge is -2.36. The van der Waals surface area contributed by atoms with Gasteiger partial charge in [0, 0.05) is 19.1 Å². The highest BCUT2D eigenvalue weighted by molar-refractivity contribution is 5.79. The number of hydrogen-bond donors (Lipinski definition) is 1. The number of rotatable bonds is 2. The topological polar surface area (TPSA) is 32.3 Å². The SMILES string of the molecule is O=C([C@H]1CCCNC1)N1CCCC1C1CCCCC1. The molecule has 1 aliphatic carbocycles. The fourth-order valence-corrected chi connectivity index (χ4v) is 4.37. The Morgan fingerprint density at radius 2 is 1.79 bits per heavy atom. The number of nitrogens with zero attached hydrogens (tertiary/aromatic N) is 1. The zero-order chi connectivity index (χ0) is 13.1. The summed E-state index contributed by atoms with van der Waals surface area (Å²) in [6, 6.07) is 0.578. The van der Waals surface area contributed by atoms with Crippen molar-refractivity contribution in [2.45, 2.75) is 63.8 Å². The Balaban J connectivity index is 1.62. The molecule has 3 aliphatic rings. The molecule has 2 heterocycles. The van der Waals surface area contributed by atoms with Crippen molar-refractivity contribution in [3.05, 3.63) is 0 Å². The summed E-state index contributed by atoms with van der Waals surface area (Å²) in [4.78, 5) is 15.0. The highest BCUT2D eigenvalue weighted by Gasteiger charge is 2.37. The Morgan fingerprint density at radius 3 is 2.53 bits per heavy atom. The molecule has 1 amide bonds. The second-order valence-corrected chi connectivity index (χ2v) is 6.68. The van der Waals surface area contributed by atoms with E-state index in [1.807, 2.05) is 0 Å². The third kappa shape index (κ3) is 2.96. The van der Waals surface area contributed by atoms with Gasteiger partial charge >= 0.3 is 0 Å². The lowest BCUT2D eigenvalue weighted by atomic mass is 9.82. The fraction of sp³-hybridized carbons (Fsp3) is 0.938. The molecule has 1 N–H and O–H groups in total. The van der Waals surface area contributed by atoms with Crippen LogP contribution in [0.3, 0.4) is 0 Å². The van der Waals surface area contributed by atoms with Gasteiger partial charge in [0.1, 0.15) is 0 Å². The smallest absolute Gasteiger partial charge is 0.227 e. The van der Waals surface area contributed by atoms with Crippen LogP contribution in [0.25, 0.3) is 0 Å². The first-order valence-corrected chi connectivity index (χ1v) is 8.37. The van der Waals surface area contributed by atoms with Crippen LogP contribution in [0, 0.1) is 11.8 Å². The van der Waals surface area contributed by atoms with Crippen LogP contribution in [0.5, 0.6) is 0 Å². The van der Waals surface area contributed by atoms with Gasteiger partial charge in [0.05, 0.1) is 5.92 Å². The van der Waals surface area contributed by atoms with E-state index < -0.39 is 0 Å². The van der Waals surface area contributed by atoms with Crippen LogP contribution in [0.2, 0.25) is 0 Å². The van der Waals surface area contributed by atoms with E-state index in [0.29, 0.717) is 11.9 Å². The third-order valence-electron chi connectivity index (χ3n) is 5.42. The monoisotopic (exact) mass is 264 g/mol. The molecule has 0 aromatic heterocycles. The van der Waals surface area contributed by atoms with Gasteiger partial charge in [-0.25, -0.2) is 0 Å². The van der Waals surface area contributed by atoms with E-state index >= 15 is 0 Å². The summed E-state index contributed by atoms with van der Waals surface area (Å²) in [5, 5.41) is 3.39. The average Bonchev–Trinajstić information content (AvgIpc) is 2.98. The first-order valence-electron chi connectivity index (χ1n) is 8.37. The molecule has 2 aliphatic heterocycles. The maximum Gasteiger partial charge on any atom is 0.227 e. The van der Waals surface area contributed by atoms with E-state index in [1.54, 1.807) is 0 Å². The molecule has 0 aromatic carbocycles. The second-order valence-electron chi connectivity index (χ2n) is 6.68. The first kappa shape index (κ1) is 13.4. The molecule has 1 saturated carbocycles. The zero-order valence-electron chi connectivity index (χ0n) is 12.1. The van der Waals surface area contributed by atoms with E-state index in [2.05, 4.69) is 10.2 Å². The van der Waals surface area contributed by atoms with Crippen molar-refractivity contribution < 1.29 is 4.79 Å². The molecule has 1 unspecified atom stereocenters. The Kier molecular flexibility index (Phi) is 4.42. The molecule has 2 atom stereocenters. The molecule has 3 fully saturated rings. The minimum absolute atomic E-state index is 0.262. The van der Waals surface area contributed by atoms with Crippen LogP contribution in [0.1, 0.15) is 57.8 Å². The van der Waals surface area contributed by atoms with E-state index in [-0.39, 0.29) is 5.92 Å². The van der Waals surface area contributed by atoms with E-state index in [9.17, 15) is 4.79 Å². The number of nitrogens with one attached hydrogen (secondary N) is 1. The lowest BCUT2D eigenvalue weighted by Crippen LogP contribution is -2.47. The molecule has 3 nitrogen and oxygen atoms in total. The quantitative estimate of drug-likeness (QED) is 0.831. The van der Waals surface area contributed by atoms with Gasteiger partial charge < -0.3 is 10.2 Å². The second kappa shape index (κ2) is 6.25. The Bertz CT molecular complexity index is 306. The number of hydrogen-bond acceptors (Lipinski definition) is 2. The van der Waals surface area contributed by atoms with Crippen LogP contribution < -0.4 is 5.32 Å². The molecule has 19 heavy (non-hydrogen) atoms. The lowest BCUT2D eigenvalue weighted by molar-refractivity contribution is -0.138. The van der Waals surface area contributed by atoms with Crippen molar-refractivity contribution in [2.24, 2.45) is 11.8 Å². The van der Waals surface area contributed by atoms with Gasteiger partial charge in [-0.15, -0.1) is 0 Å². The molecule has 0 spiro atoms. The Hall–Kier alpha value is -0.570. The van der Waals surface area contributed by atoms with Crippen LogP contribution in [-0.4, -0.2) is 36.5 Å². The summed E-state index contributed by atoms with van der Waals surface area (Å²) in [6.45, 7) is 3.03. The molecular weight excluding hydrogens is 236 g/mol. The third-order valence-corrected chi connectivity index (χ3v) is 5.42. The predicted octanol–water partition coefficient (Wildman–Crippen LogP) is 2.56. The molecule has 108 valence electrons. The minimum atomic E-state index is 0.262. The summed E-state index contributed by atoms with van der Waals surface area (Å²) in [5.74, 6) is 1.52. The highest BCUT2D eigenvalue weighted by atomic mass is 16.2. The highest BCUT2D eigenvalue weighted by Crippen LogP contribution is 2.35. The summed E-state index contributed by atoms with van der Waals surface area (Å²) < 4.78 is 0. The van der Waals surface area contributed by atoms with Gasteiger partial charge in [0.2, 0.25) is 5.91 Å². The molecule has 0 radical (unpaired) electrons. The summed E-state index contributed by atoms with van der Waals surface area (Å²) in [5.41, 5.74) is 0. The van der Waals surface area contributed by atoms with Gasteiger partial charge in [0.25, 0.3) is 0 Å². The molecule has 0 aromatic rings. The van der Waals surface area contributed by atoms with Crippen molar-refractivity contribution in [3.63, 3.8) is 0 Å². The number of amides is 1. The predicted molar refractivity (Wildman–Crippen MR) is 76.9 cm³/mol. The maximum atomic E-state index is 12.7. The van der Waals surface area contributed by atoms with Gasteiger partial charge in [-0.1, -0.05) is 19.3 Å². The minimum Gasteiger partial charge on any atom is -0.339 e. The van der Waals surface area contributed by atoms with E-state index in [4.69, 9.17) is 0 Å². The van der Waals surface area contributed by atoms with Crippen molar-refractivity contribution in [3.8, 4) is 0 Å².